The Morgan fingerprint density at radius 2 is 1.88 bits per heavy atom. The summed E-state index contributed by atoms with van der Waals surface area (Å²) in [6.45, 7) is 2.76. The molecule has 1 unspecified atom stereocenters. The molecule has 5 heteroatoms. The van der Waals surface area contributed by atoms with Crippen molar-refractivity contribution in [3.05, 3.63) is 59.7 Å². The third kappa shape index (κ3) is 3.33. The highest BCUT2D eigenvalue weighted by Crippen LogP contribution is 2.33. The molecule has 4 rings (SSSR count). The van der Waals surface area contributed by atoms with E-state index in [0.717, 1.165) is 36.7 Å². The zero-order chi connectivity index (χ0) is 17.2. The fourth-order valence-electron chi connectivity index (χ4n) is 3.51. The first-order valence-electron chi connectivity index (χ1n) is 8.62. The lowest BCUT2D eigenvalue weighted by molar-refractivity contribution is -0.135. The molecular weight excluding hydrogens is 316 g/mol. The lowest BCUT2D eigenvalue weighted by Crippen LogP contribution is -2.49. The van der Waals surface area contributed by atoms with Crippen LogP contribution in [0, 0.1) is 0 Å². The standard InChI is InChI=1S/C20H22N2O3/c1-21-9-10-22(17(13-21)16-5-3-2-4-6-16)20(23)12-15-7-8-18-19(11-15)25-14-24-18/h2-8,11,17H,9-10,12-14H2,1H3. The number of nitrogens with zero attached hydrogens (tertiary/aromatic N) is 2. The summed E-state index contributed by atoms with van der Waals surface area (Å²) in [5.74, 6) is 1.63. The van der Waals surface area contributed by atoms with E-state index in [2.05, 4.69) is 24.1 Å². The van der Waals surface area contributed by atoms with Gasteiger partial charge >= 0.3 is 0 Å². The molecule has 5 nitrogen and oxygen atoms in total. The number of carbonyl (C=O) groups excluding carboxylic acids is 1. The molecule has 130 valence electrons. The van der Waals surface area contributed by atoms with Crippen LogP contribution >= 0.6 is 0 Å². The molecule has 0 radical (unpaired) electrons. The average molecular weight is 338 g/mol. The van der Waals surface area contributed by atoms with Gasteiger partial charge in [0.05, 0.1) is 12.5 Å². The predicted octanol–water partition coefficient (Wildman–Crippen LogP) is 2.47. The molecular formula is C20H22N2O3. The summed E-state index contributed by atoms with van der Waals surface area (Å²) in [5.41, 5.74) is 2.15. The summed E-state index contributed by atoms with van der Waals surface area (Å²) < 4.78 is 10.8. The van der Waals surface area contributed by atoms with E-state index < -0.39 is 0 Å². The van der Waals surface area contributed by atoms with E-state index >= 15 is 0 Å². The van der Waals surface area contributed by atoms with Crippen molar-refractivity contribution in [2.45, 2.75) is 12.5 Å². The van der Waals surface area contributed by atoms with Gasteiger partial charge < -0.3 is 19.3 Å². The SMILES string of the molecule is CN1CCN(C(=O)Cc2ccc3c(c2)OCO3)C(c2ccccc2)C1. The number of hydrogen-bond donors (Lipinski definition) is 0. The van der Waals surface area contributed by atoms with Crippen LogP contribution in [0.1, 0.15) is 17.2 Å². The molecule has 25 heavy (non-hydrogen) atoms. The van der Waals surface area contributed by atoms with Crippen molar-refractivity contribution in [3.63, 3.8) is 0 Å². The van der Waals surface area contributed by atoms with Crippen molar-refractivity contribution in [1.29, 1.82) is 0 Å². The molecule has 1 amide bonds. The van der Waals surface area contributed by atoms with Crippen molar-refractivity contribution >= 4 is 5.91 Å². The van der Waals surface area contributed by atoms with Crippen molar-refractivity contribution in [1.82, 2.24) is 9.80 Å². The minimum absolute atomic E-state index is 0.0986. The Hall–Kier alpha value is -2.53. The average Bonchev–Trinajstić information content (AvgIpc) is 3.10. The second kappa shape index (κ2) is 6.76. The van der Waals surface area contributed by atoms with Crippen LogP contribution in [0.2, 0.25) is 0 Å². The number of piperazine rings is 1. The first-order chi connectivity index (χ1) is 12.2. The van der Waals surface area contributed by atoms with E-state index in [1.807, 2.05) is 41.3 Å². The van der Waals surface area contributed by atoms with E-state index in [1.165, 1.54) is 5.56 Å². The summed E-state index contributed by atoms with van der Waals surface area (Å²) >= 11 is 0. The maximum absolute atomic E-state index is 13.0. The molecule has 0 aliphatic carbocycles. The normalized spacial score (nSPS) is 19.9. The Bertz CT molecular complexity index is 763. The third-order valence-corrected chi connectivity index (χ3v) is 4.88. The van der Waals surface area contributed by atoms with E-state index in [9.17, 15) is 4.79 Å². The predicted molar refractivity (Wildman–Crippen MR) is 94.7 cm³/mol. The molecule has 1 saturated heterocycles. The Balaban J connectivity index is 1.53. The molecule has 1 atom stereocenters. The topological polar surface area (TPSA) is 42.0 Å². The number of amides is 1. The highest BCUT2D eigenvalue weighted by Gasteiger charge is 2.30. The number of benzene rings is 2. The second-order valence-electron chi connectivity index (χ2n) is 6.64. The Morgan fingerprint density at radius 1 is 1.08 bits per heavy atom. The van der Waals surface area contributed by atoms with Crippen LogP contribution in [-0.4, -0.2) is 49.2 Å². The van der Waals surface area contributed by atoms with Gasteiger partial charge in [0.15, 0.2) is 11.5 Å². The zero-order valence-corrected chi connectivity index (χ0v) is 14.4. The zero-order valence-electron chi connectivity index (χ0n) is 14.4. The lowest BCUT2D eigenvalue weighted by atomic mass is 10.0. The summed E-state index contributed by atoms with van der Waals surface area (Å²) in [6, 6.07) is 16.1. The summed E-state index contributed by atoms with van der Waals surface area (Å²) in [6.07, 6.45) is 0.379. The molecule has 0 spiro atoms. The van der Waals surface area contributed by atoms with Crippen molar-refractivity contribution in [3.8, 4) is 11.5 Å². The van der Waals surface area contributed by atoms with E-state index in [0.29, 0.717) is 6.42 Å². The monoisotopic (exact) mass is 338 g/mol. The molecule has 0 bridgehead atoms. The summed E-state index contributed by atoms with van der Waals surface area (Å²) in [7, 11) is 2.11. The van der Waals surface area contributed by atoms with Crippen LogP contribution in [0.5, 0.6) is 11.5 Å². The van der Waals surface area contributed by atoms with Gasteiger partial charge in [0.25, 0.3) is 0 Å². The quantitative estimate of drug-likeness (QED) is 0.862. The number of rotatable bonds is 3. The maximum atomic E-state index is 13.0. The van der Waals surface area contributed by atoms with Crippen molar-refractivity contribution in [2.24, 2.45) is 0 Å². The number of ether oxygens (including phenoxy) is 2. The smallest absolute Gasteiger partial charge is 0.231 e. The van der Waals surface area contributed by atoms with Crippen LogP contribution < -0.4 is 9.47 Å². The van der Waals surface area contributed by atoms with Gasteiger partial charge in [0.2, 0.25) is 12.7 Å². The molecule has 0 N–H and O–H groups in total. The Morgan fingerprint density at radius 3 is 2.72 bits per heavy atom. The van der Waals surface area contributed by atoms with Crippen molar-refractivity contribution in [2.75, 3.05) is 33.5 Å². The fourth-order valence-corrected chi connectivity index (χ4v) is 3.51. The van der Waals surface area contributed by atoms with Gasteiger partial charge in [-0.2, -0.15) is 0 Å². The number of carbonyl (C=O) groups is 1. The van der Waals surface area contributed by atoms with Crippen LogP contribution in [0.25, 0.3) is 0 Å². The number of fused-ring (bicyclic) bond motifs is 1. The van der Waals surface area contributed by atoms with Gasteiger partial charge in [-0.3, -0.25) is 4.79 Å². The fraction of sp³-hybridized carbons (Fsp3) is 0.350. The Kier molecular flexibility index (Phi) is 4.32. The van der Waals surface area contributed by atoms with Crippen LogP contribution in [0.15, 0.2) is 48.5 Å². The molecule has 2 aliphatic rings. The molecule has 2 aromatic carbocycles. The maximum Gasteiger partial charge on any atom is 0.231 e. The van der Waals surface area contributed by atoms with Crippen LogP contribution in [0.4, 0.5) is 0 Å². The molecule has 2 aliphatic heterocycles. The van der Waals surface area contributed by atoms with Crippen LogP contribution in [0.3, 0.4) is 0 Å². The highest BCUT2D eigenvalue weighted by atomic mass is 16.7. The summed E-state index contributed by atoms with van der Waals surface area (Å²) in [4.78, 5) is 17.3. The van der Waals surface area contributed by atoms with E-state index in [-0.39, 0.29) is 18.7 Å². The molecule has 0 aromatic heterocycles. The highest BCUT2D eigenvalue weighted by molar-refractivity contribution is 5.79. The third-order valence-electron chi connectivity index (χ3n) is 4.88. The van der Waals surface area contributed by atoms with Crippen molar-refractivity contribution < 1.29 is 14.3 Å². The van der Waals surface area contributed by atoms with Gasteiger partial charge in [0.1, 0.15) is 0 Å². The van der Waals surface area contributed by atoms with Gasteiger partial charge in [-0.05, 0) is 30.3 Å². The molecule has 1 fully saturated rings. The van der Waals surface area contributed by atoms with Gasteiger partial charge in [-0.25, -0.2) is 0 Å². The second-order valence-corrected chi connectivity index (χ2v) is 6.64. The van der Waals surface area contributed by atoms with Crippen LogP contribution in [-0.2, 0) is 11.2 Å². The molecule has 0 saturated carbocycles. The van der Waals surface area contributed by atoms with Gasteiger partial charge in [0, 0.05) is 19.6 Å². The first-order valence-corrected chi connectivity index (χ1v) is 8.62. The largest absolute Gasteiger partial charge is 0.454 e. The lowest BCUT2D eigenvalue weighted by Gasteiger charge is -2.40. The first kappa shape index (κ1) is 16.0. The van der Waals surface area contributed by atoms with Gasteiger partial charge in [-0.15, -0.1) is 0 Å². The number of likely N-dealkylation sites (N-methyl/N-ethyl adjacent to an activating group) is 1. The Labute approximate surface area is 147 Å². The molecule has 2 heterocycles. The van der Waals surface area contributed by atoms with Gasteiger partial charge in [-0.1, -0.05) is 36.4 Å². The minimum atomic E-state index is 0.0986. The van der Waals surface area contributed by atoms with E-state index in [1.54, 1.807) is 0 Å². The van der Waals surface area contributed by atoms with E-state index in [4.69, 9.17) is 9.47 Å². The number of hydrogen-bond acceptors (Lipinski definition) is 4. The minimum Gasteiger partial charge on any atom is -0.454 e. The molecule has 2 aromatic rings. The summed E-state index contributed by atoms with van der Waals surface area (Å²) in [5, 5.41) is 0.